The fourth-order valence-corrected chi connectivity index (χ4v) is 3.66. The second kappa shape index (κ2) is 5.30. The summed E-state index contributed by atoms with van der Waals surface area (Å²) in [6.07, 6.45) is 1.76. The maximum atomic E-state index is 12.8. The van der Waals surface area contributed by atoms with Crippen molar-refractivity contribution in [2.24, 2.45) is 5.41 Å². The van der Waals surface area contributed by atoms with Crippen LogP contribution in [-0.2, 0) is 6.42 Å². The van der Waals surface area contributed by atoms with Gasteiger partial charge in [-0.1, -0.05) is 19.9 Å². The van der Waals surface area contributed by atoms with Crippen LogP contribution in [0.4, 0.5) is 0 Å². The van der Waals surface area contributed by atoms with Crippen LogP contribution < -0.4 is 14.8 Å². The SMILES string of the molecule is Cc1cc2c(o1)CC(C)(C)CC2NC(=O)c1cccc2c1OCO2. The van der Waals surface area contributed by atoms with Crippen molar-refractivity contribution in [3.8, 4) is 11.5 Å². The molecule has 2 heterocycles. The quantitative estimate of drug-likeness (QED) is 0.912. The molecule has 0 bridgehead atoms. The molecule has 1 amide bonds. The zero-order chi connectivity index (χ0) is 16.9. The van der Waals surface area contributed by atoms with Crippen LogP contribution in [0.5, 0.6) is 11.5 Å². The Morgan fingerprint density at radius 1 is 1.29 bits per heavy atom. The highest BCUT2D eigenvalue weighted by Crippen LogP contribution is 2.42. The summed E-state index contributed by atoms with van der Waals surface area (Å²) < 4.78 is 16.6. The summed E-state index contributed by atoms with van der Waals surface area (Å²) in [5, 5.41) is 3.16. The molecule has 1 aliphatic heterocycles. The van der Waals surface area contributed by atoms with Crippen molar-refractivity contribution in [2.45, 2.75) is 39.7 Å². The van der Waals surface area contributed by atoms with Crippen molar-refractivity contribution in [1.82, 2.24) is 5.32 Å². The Kier molecular flexibility index (Phi) is 3.34. The summed E-state index contributed by atoms with van der Waals surface area (Å²) in [5.74, 6) is 2.85. The van der Waals surface area contributed by atoms with E-state index in [0.717, 1.165) is 29.9 Å². The van der Waals surface area contributed by atoms with Gasteiger partial charge >= 0.3 is 0 Å². The van der Waals surface area contributed by atoms with E-state index < -0.39 is 0 Å². The molecule has 1 unspecified atom stereocenters. The van der Waals surface area contributed by atoms with Gasteiger partial charge in [-0.2, -0.15) is 0 Å². The molecular formula is C19H21NO4. The molecule has 1 atom stereocenters. The van der Waals surface area contributed by atoms with Crippen LogP contribution >= 0.6 is 0 Å². The van der Waals surface area contributed by atoms with Crippen molar-refractivity contribution < 1.29 is 18.7 Å². The average molecular weight is 327 g/mol. The summed E-state index contributed by atoms with van der Waals surface area (Å²) in [6.45, 7) is 6.49. The predicted molar refractivity (Wildman–Crippen MR) is 88.3 cm³/mol. The summed E-state index contributed by atoms with van der Waals surface area (Å²) in [7, 11) is 0. The van der Waals surface area contributed by atoms with Crippen LogP contribution in [0.15, 0.2) is 28.7 Å². The molecule has 2 aromatic rings. The molecule has 0 saturated carbocycles. The van der Waals surface area contributed by atoms with E-state index in [9.17, 15) is 4.79 Å². The number of fused-ring (bicyclic) bond motifs is 2. The van der Waals surface area contributed by atoms with Crippen molar-refractivity contribution in [1.29, 1.82) is 0 Å². The van der Waals surface area contributed by atoms with E-state index in [-0.39, 0.29) is 24.2 Å². The van der Waals surface area contributed by atoms with E-state index >= 15 is 0 Å². The molecule has 2 aliphatic rings. The highest BCUT2D eigenvalue weighted by molar-refractivity contribution is 5.98. The van der Waals surface area contributed by atoms with Crippen LogP contribution in [0.25, 0.3) is 0 Å². The first kappa shape index (κ1) is 15.1. The first-order valence-electron chi connectivity index (χ1n) is 8.22. The van der Waals surface area contributed by atoms with E-state index in [1.807, 2.05) is 13.0 Å². The minimum absolute atomic E-state index is 0.0631. The molecule has 1 N–H and O–H groups in total. The third-order valence-corrected chi connectivity index (χ3v) is 4.68. The van der Waals surface area contributed by atoms with E-state index in [0.29, 0.717) is 17.1 Å². The lowest BCUT2D eigenvalue weighted by molar-refractivity contribution is 0.0912. The Morgan fingerprint density at radius 3 is 2.96 bits per heavy atom. The van der Waals surface area contributed by atoms with Gasteiger partial charge < -0.3 is 19.2 Å². The van der Waals surface area contributed by atoms with Gasteiger partial charge in [0, 0.05) is 12.0 Å². The first-order valence-corrected chi connectivity index (χ1v) is 8.22. The Labute approximate surface area is 140 Å². The van der Waals surface area contributed by atoms with Crippen molar-refractivity contribution in [3.63, 3.8) is 0 Å². The highest BCUT2D eigenvalue weighted by atomic mass is 16.7. The van der Waals surface area contributed by atoms with Gasteiger partial charge in [0.15, 0.2) is 11.5 Å². The second-order valence-electron chi connectivity index (χ2n) is 7.35. The Balaban J connectivity index is 1.63. The lowest BCUT2D eigenvalue weighted by atomic mass is 9.74. The summed E-state index contributed by atoms with van der Waals surface area (Å²) in [5.41, 5.74) is 1.67. The molecule has 4 rings (SSSR count). The smallest absolute Gasteiger partial charge is 0.255 e. The maximum Gasteiger partial charge on any atom is 0.255 e. The molecule has 0 fully saturated rings. The van der Waals surface area contributed by atoms with Crippen LogP contribution in [0.3, 0.4) is 0 Å². The summed E-state index contributed by atoms with van der Waals surface area (Å²) >= 11 is 0. The number of ether oxygens (including phenoxy) is 2. The van der Waals surface area contributed by atoms with Crippen LogP contribution in [0, 0.1) is 12.3 Å². The Bertz CT molecular complexity index is 806. The first-order chi connectivity index (χ1) is 11.4. The molecule has 0 saturated heterocycles. The van der Waals surface area contributed by atoms with E-state index in [1.165, 1.54) is 0 Å². The molecule has 0 radical (unpaired) electrons. The Morgan fingerprint density at radius 2 is 2.12 bits per heavy atom. The largest absolute Gasteiger partial charge is 0.466 e. The van der Waals surface area contributed by atoms with Crippen molar-refractivity contribution in [3.05, 3.63) is 46.9 Å². The molecule has 1 aromatic heterocycles. The number of carbonyl (C=O) groups is 1. The summed E-state index contributed by atoms with van der Waals surface area (Å²) in [6, 6.07) is 7.34. The fourth-order valence-electron chi connectivity index (χ4n) is 3.66. The molecule has 5 heteroatoms. The number of para-hydroxylation sites is 1. The van der Waals surface area contributed by atoms with Crippen LogP contribution in [0.1, 0.15) is 53.8 Å². The zero-order valence-corrected chi connectivity index (χ0v) is 14.1. The molecule has 126 valence electrons. The number of carbonyl (C=O) groups excluding carboxylic acids is 1. The van der Waals surface area contributed by atoms with Crippen LogP contribution in [-0.4, -0.2) is 12.7 Å². The minimum Gasteiger partial charge on any atom is -0.466 e. The molecule has 0 spiro atoms. The third-order valence-electron chi connectivity index (χ3n) is 4.68. The molecular weight excluding hydrogens is 306 g/mol. The lowest BCUT2D eigenvalue weighted by Crippen LogP contribution is -2.36. The highest BCUT2D eigenvalue weighted by Gasteiger charge is 2.36. The molecule has 5 nitrogen and oxygen atoms in total. The third kappa shape index (κ3) is 2.54. The minimum atomic E-state index is -0.148. The number of benzene rings is 1. The van der Waals surface area contributed by atoms with Gasteiger partial charge in [-0.25, -0.2) is 0 Å². The average Bonchev–Trinajstić information content (AvgIpc) is 3.11. The number of rotatable bonds is 2. The van der Waals surface area contributed by atoms with Gasteiger partial charge in [-0.05, 0) is 37.0 Å². The molecule has 24 heavy (non-hydrogen) atoms. The van der Waals surface area contributed by atoms with Gasteiger partial charge in [-0.3, -0.25) is 4.79 Å². The Hall–Kier alpha value is -2.43. The monoisotopic (exact) mass is 327 g/mol. The van der Waals surface area contributed by atoms with Crippen molar-refractivity contribution in [2.75, 3.05) is 6.79 Å². The number of furan rings is 1. The summed E-state index contributed by atoms with van der Waals surface area (Å²) in [4.78, 5) is 12.8. The van der Waals surface area contributed by atoms with Gasteiger partial charge in [0.2, 0.25) is 6.79 Å². The van der Waals surface area contributed by atoms with Gasteiger partial charge in [0.05, 0.1) is 11.6 Å². The van der Waals surface area contributed by atoms with E-state index in [2.05, 4.69) is 19.2 Å². The zero-order valence-electron chi connectivity index (χ0n) is 14.1. The predicted octanol–water partition coefficient (Wildman–Crippen LogP) is 3.76. The van der Waals surface area contributed by atoms with Gasteiger partial charge in [0.1, 0.15) is 11.5 Å². The number of hydrogen-bond donors (Lipinski definition) is 1. The van der Waals surface area contributed by atoms with E-state index in [4.69, 9.17) is 13.9 Å². The number of amides is 1. The second-order valence-corrected chi connectivity index (χ2v) is 7.35. The fraction of sp³-hybridized carbons (Fsp3) is 0.421. The molecule has 1 aromatic carbocycles. The standard InChI is InChI=1S/C19H21NO4/c1-11-7-13-14(8-19(2,3)9-16(13)24-11)20-18(21)12-5-4-6-15-17(12)23-10-22-15/h4-7,14H,8-10H2,1-3H3,(H,20,21). The molecule has 1 aliphatic carbocycles. The van der Waals surface area contributed by atoms with Gasteiger partial charge in [-0.15, -0.1) is 0 Å². The van der Waals surface area contributed by atoms with E-state index in [1.54, 1.807) is 18.2 Å². The number of hydrogen-bond acceptors (Lipinski definition) is 4. The normalized spacial score (nSPS) is 20.5. The number of nitrogens with one attached hydrogen (secondary N) is 1. The maximum absolute atomic E-state index is 12.8. The topological polar surface area (TPSA) is 60.7 Å². The lowest BCUT2D eigenvalue weighted by Gasteiger charge is -2.34. The van der Waals surface area contributed by atoms with Gasteiger partial charge in [0.25, 0.3) is 5.91 Å². The number of aryl methyl sites for hydroxylation is 1. The van der Waals surface area contributed by atoms with Crippen molar-refractivity contribution >= 4 is 5.91 Å². The van der Waals surface area contributed by atoms with Crippen LogP contribution in [0.2, 0.25) is 0 Å².